The number of rotatable bonds is 4. The molecule has 0 aliphatic rings. The SMILES string of the molecule is Cc1occc1CN(C)c1noc(-c2ccccc2)n1. The van der Waals surface area contributed by atoms with E-state index in [1.54, 1.807) is 6.26 Å². The molecule has 0 saturated carbocycles. The molecule has 5 heteroatoms. The molecule has 0 saturated heterocycles. The second kappa shape index (κ2) is 5.21. The van der Waals surface area contributed by atoms with Crippen molar-refractivity contribution in [3.63, 3.8) is 0 Å². The molecule has 0 fully saturated rings. The minimum atomic E-state index is 0.524. The van der Waals surface area contributed by atoms with E-state index in [4.69, 9.17) is 8.94 Å². The highest BCUT2D eigenvalue weighted by Gasteiger charge is 2.13. The van der Waals surface area contributed by atoms with E-state index in [2.05, 4.69) is 10.1 Å². The van der Waals surface area contributed by atoms with Gasteiger partial charge in [0.15, 0.2) is 0 Å². The maximum absolute atomic E-state index is 5.30. The van der Waals surface area contributed by atoms with E-state index in [-0.39, 0.29) is 0 Å². The van der Waals surface area contributed by atoms with Gasteiger partial charge < -0.3 is 13.8 Å². The van der Waals surface area contributed by atoms with Gasteiger partial charge in [-0.1, -0.05) is 18.2 Å². The van der Waals surface area contributed by atoms with Crippen LogP contribution in [-0.4, -0.2) is 17.2 Å². The minimum Gasteiger partial charge on any atom is -0.469 e. The first-order valence-electron chi connectivity index (χ1n) is 6.37. The van der Waals surface area contributed by atoms with Gasteiger partial charge in [0, 0.05) is 24.7 Å². The predicted octanol–water partition coefficient (Wildman–Crippen LogP) is 3.27. The lowest BCUT2D eigenvalue weighted by atomic mass is 10.2. The van der Waals surface area contributed by atoms with Gasteiger partial charge in [-0.2, -0.15) is 4.98 Å². The summed E-state index contributed by atoms with van der Waals surface area (Å²) in [5, 5.41) is 4.01. The molecule has 0 N–H and O–H groups in total. The van der Waals surface area contributed by atoms with Crippen LogP contribution in [0.1, 0.15) is 11.3 Å². The summed E-state index contributed by atoms with van der Waals surface area (Å²) in [6.45, 7) is 2.62. The van der Waals surface area contributed by atoms with E-state index in [0.717, 1.165) is 16.9 Å². The fourth-order valence-electron chi connectivity index (χ4n) is 1.97. The summed E-state index contributed by atoms with van der Waals surface area (Å²) >= 11 is 0. The van der Waals surface area contributed by atoms with Crippen LogP contribution < -0.4 is 4.90 Å². The van der Waals surface area contributed by atoms with Gasteiger partial charge in [0.1, 0.15) is 5.76 Å². The van der Waals surface area contributed by atoms with Crippen molar-refractivity contribution in [2.45, 2.75) is 13.5 Å². The molecular weight excluding hydrogens is 254 g/mol. The summed E-state index contributed by atoms with van der Waals surface area (Å²) in [6.07, 6.45) is 1.68. The van der Waals surface area contributed by atoms with Crippen LogP contribution in [0.4, 0.5) is 5.95 Å². The highest BCUT2D eigenvalue weighted by Crippen LogP contribution is 2.21. The number of benzene rings is 1. The summed E-state index contributed by atoms with van der Waals surface area (Å²) in [5.74, 6) is 1.99. The van der Waals surface area contributed by atoms with Crippen molar-refractivity contribution >= 4 is 5.95 Å². The Morgan fingerprint density at radius 3 is 2.65 bits per heavy atom. The Morgan fingerprint density at radius 2 is 1.95 bits per heavy atom. The summed E-state index contributed by atoms with van der Waals surface area (Å²) < 4.78 is 10.6. The Hall–Kier alpha value is -2.56. The van der Waals surface area contributed by atoms with Crippen molar-refractivity contribution in [2.24, 2.45) is 0 Å². The molecule has 0 aliphatic heterocycles. The van der Waals surface area contributed by atoms with Crippen LogP contribution in [0, 0.1) is 6.92 Å². The molecule has 0 bridgehead atoms. The van der Waals surface area contributed by atoms with Crippen molar-refractivity contribution in [1.82, 2.24) is 10.1 Å². The van der Waals surface area contributed by atoms with Gasteiger partial charge in [0.2, 0.25) is 0 Å². The van der Waals surface area contributed by atoms with Crippen LogP contribution in [0.2, 0.25) is 0 Å². The minimum absolute atomic E-state index is 0.524. The molecule has 3 rings (SSSR count). The van der Waals surface area contributed by atoms with Crippen LogP contribution in [0.15, 0.2) is 51.6 Å². The standard InChI is InChI=1S/C15H15N3O2/c1-11-13(8-9-19-11)10-18(2)15-16-14(20-17-15)12-6-4-3-5-7-12/h3-9H,10H2,1-2H3. The summed E-state index contributed by atoms with van der Waals surface area (Å²) in [7, 11) is 1.92. The Morgan fingerprint density at radius 1 is 1.15 bits per heavy atom. The fraction of sp³-hybridized carbons (Fsp3) is 0.200. The molecule has 2 aromatic heterocycles. The van der Waals surface area contributed by atoms with Crippen LogP contribution in [0.5, 0.6) is 0 Å². The summed E-state index contributed by atoms with van der Waals surface area (Å²) in [4.78, 5) is 6.33. The van der Waals surface area contributed by atoms with Gasteiger partial charge in [0.25, 0.3) is 11.8 Å². The normalized spacial score (nSPS) is 10.7. The lowest BCUT2D eigenvalue weighted by molar-refractivity contribution is 0.430. The number of hydrogen-bond acceptors (Lipinski definition) is 5. The molecule has 0 amide bonds. The number of hydrogen-bond donors (Lipinski definition) is 0. The van der Waals surface area contributed by atoms with E-state index in [0.29, 0.717) is 18.4 Å². The number of anilines is 1. The smallest absolute Gasteiger partial charge is 0.266 e. The van der Waals surface area contributed by atoms with Crippen LogP contribution in [0.25, 0.3) is 11.5 Å². The lowest BCUT2D eigenvalue weighted by Crippen LogP contribution is -2.17. The van der Waals surface area contributed by atoms with Gasteiger partial charge in [0.05, 0.1) is 6.26 Å². The monoisotopic (exact) mass is 269 g/mol. The molecule has 2 heterocycles. The third kappa shape index (κ3) is 2.42. The second-order valence-electron chi connectivity index (χ2n) is 4.62. The first-order chi connectivity index (χ1) is 9.74. The van der Waals surface area contributed by atoms with Crippen molar-refractivity contribution in [1.29, 1.82) is 0 Å². The Labute approximate surface area is 116 Å². The van der Waals surface area contributed by atoms with E-state index < -0.39 is 0 Å². The van der Waals surface area contributed by atoms with Gasteiger partial charge >= 0.3 is 0 Å². The van der Waals surface area contributed by atoms with Crippen LogP contribution in [0.3, 0.4) is 0 Å². The first kappa shape index (κ1) is 12.5. The average molecular weight is 269 g/mol. The summed E-state index contributed by atoms with van der Waals surface area (Å²) in [5.41, 5.74) is 2.03. The zero-order valence-electron chi connectivity index (χ0n) is 11.4. The van der Waals surface area contributed by atoms with Gasteiger partial charge in [-0.25, -0.2) is 0 Å². The zero-order chi connectivity index (χ0) is 13.9. The number of aromatic nitrogens is 2. The highest BCUT2D eigenvalue weighted by atomic mass is 16.5. The Balaban J connectivity index is 1.78. The molecule has 3 aromatic rings. The molecule has 1 aromatic carbocycles. The molecular formula is C15H15N3O2. The summed E-state index contributed by atoms with van der Waals surface area (Å²) in [6, 6.07) is 11.7. The second-order valence-corrected chi connectivity index (χ2v) is 4.62. The average Bonchev–Trinajstić information content (AvgIpc) is 3.10. The molecule has 20 heavy (non-hydrogen) atoms. The molecule has 5 nitrogen and oxygen atoms in total. The maximum Gasteiger partial charge on any atom is 0.266 e. The Bertz CT molecular complexity index is 688. The molecule has 0 radical (unpaired) electrons. The molecule has 0 aliphatic carbocycles. The number of aryl methyl sites for hydroxylation is 1. The van der Waals surface area contributed by atoms with Crippen molar-refractivity contribution in [3.05, 3.63) is 54.0 Å². The first-order valence-corrected chi connectivity index (χ1v) is 6.37. The van der Waals surface area contributed by atoms with Gasteiger partial charge in [-0.3, -0.25) is 0 Å². The topological polar surface area (TPSA) is 55.3 Å². The predicted molar refractivity (Wildman–Crippen MR) is 75.3 cm³/mol. The quantitative estimate of drug-likeness (QED) is 0.727. The third-order valence-corrected chi connectivity index (χ3v) is 3.15. The largest absolute Gasteiger partial charge is 0.469 e. The lowest BCUT2D eigenvalue weighted by Gasteiger charge is -2.12. The molecule has 0 spiro atoms. The van der Waals surface area contributed by atoms with Gasteiger partial charge in [-0.05, 0) is 30.3 Å². The molecule has 0 atom stereocenters. The van der Waals surface area contributed by atoms with Crippen LogP contribution >= 0.6 is 0 Å². The van der Waals surface area contributed by atoms with Crippen molar-refractivity contribution in [3.8, 4) is 11.5 Å². The highest BCUT2D eigenvalue weighted by molar-refractivity contribution is 5.53. The number of nitrogens with zero attached hydrogens (tertiary/aromatic N) is 3. The van der Waals surface area contributed by atoms with Crippen molar-refractivity contribution < 1.29 is 8.94 Å². The zero-order valence-corrected chi connectivity index (χ0v) is 11.4. The Kier molecular flexibility index (Phi) is 3.25. The van der Waals surface area contributed by atoms with E-state index in [1.165, 1.54) is 0 Å². The van der Waals surface area contributed by atoms with E-state index in [1.807, 2.05) is 55.3 Å². The third-order valence-electron chi connectivity index (χ3n) is 3.15. The molecule has 0 unspecified atom stereocenters. The molecule has 102 valence electrons. The fourth-order valence-corrected chi connectivity index (χ4v) is 1.97. The number of furan rings is 1. The van der Waals surface area contributed by atoms with Crippen LogP contribution in [-0.2, 0) is 6.54 Å². The van der Waals surface area contributed by atoms with Gasteiger partial charge in [-0.15, -0.1) is 0 Å². The maximum atomic E-state index is 5.30. The van der Waals surface area contributed by atoms with E-state index in [9.17, 15) is 0 Å². The van der Waals surface area contributed by atoms with Crippen molar-refractivity contribution in [2.75, 3.05) is 11.9 Å². The van der Waals surface area contributed by atoms with E-state index >= 15 is 0 Å².